The molecule has 0 fully saturated rings. The van der Waals surface area contributed by atoms with E-state index in [0.29, 0.717) is 22.1 Å². The molecule has 3 nitrogen and oxygen atoms in total. The van der Waals surface area contributed by atoms with Crippen molar-refractivity contribution in [1.82, 2.24) is 4.98 Å². The first-order valence-electron chi connectivity index (χ1n) is 10.3. The molecule has 152 valence electrons. The van der Waals surface area contributed by atoms with E-state index in [-0.39, 0.29) is 0 Å². The molecule has 6 rings (SSSR count). The van der Waals surface area contributed by atoms with Crippen molar-refractivity contribution >= 4 is 50.5 Å². The molecule has 6 aromatic rings. The predicted molar refractivity (Wildman–Crippen MR) is 130 cm³/mol. The second-order valence-corrected chi connectivity index (χ2v) is 8.09. The lowest BCUT2D eigenvalue weighted by atomic mass is 9.93. The van der Waals surface area contributed by atoms with Gasteiger partial charge in [-0.15, -0.1) is 0 Å². The fraction of sp³-hybridized carbons (Fsp3) is 0. The number of fused-ring (bicyclic) bond motifs is 3. The Morgan fingerprint density at radius 3 is 2.38 bits per heavy atom. The number of aldehydes is 1. The van der Waals surface area contributed by atoms with Gasteiger partial charge in [-0.2, -0.15) is 0 Å². The summed E-state index contributed by atoms with van der Waals surface area (Å²) in [5.41, 5.74) is 4.51. The minimum atomic E-state index is 0.551. The number of hydrogen-bond donors (Lipinski definition) is 0. The molecule has 1 heterocycles. The van der Waals surface area contributed by atoms with E-state index < -0.39 is 0 Å². The number of aromatic nitrogens is 1. The zero-order valence-corrected chi connectivity index (χ0v) is 17.6. The van der Waals surface area contributed by atoms with Gasteiger partial charge in [-0.25, -0.2) is 4.98 Å². The van der Waals surface area contributed by atoms with Crippen molar-refractivity contribution in [2.45, 2.75) is 0 Å². The van der Waals surface area contributed by atoms with Crippen LogP contribution in [0.3, 0.4) is 0 Å². The van der Waals surface area contributed by atoms with Crippen LogP contribution in [-0.2, 0) is 0 Å². The average Bonchev–Trinajstić information content (AvgIpc) is 3.27. The van der Waals surface area contributed by atoms with Gasteiger partial charge in [0.25, 0.3) is 0 Å². The van der Waals surface area contributed by atoms with Crippen molar-refractivity contribution in [3.8, 4) is 22.6 Å². The number of halogens is 1. The Hall–Kier alpha value is -3.95. The largest absolute Gasteiger partial charge is 0.435 e. The highest BCUT2D eigenvalue weighted by molar-refractivity contribution is 6.36. The highest BCUT2D eigenvalue weighted by atomic mass is 35.5. The number of hydrogen-bond acceptors (Lipinski definition) is 3. The van der Waals surface area contributed by atoms with Crippen LogP contribution < -0.4 is 0 Å². The third-order valence-corrected chi connectivity index (χ3v) is 6.20. The van der Waals surface area contributed by atoms with E-state index in [2.05, 4.69) is 18.2 Å². The molecule has 0 spiro atoms. The number of nitrogens with zero attached hydrogens (tertiary/aromatic N) is 1. The van der Waals surface area contributed by atoms with E-state index in [1.54, 1.807) is 6.07 Å². The summed E-state index contributed by atoms with van der Waals surface area (Å²) in [5.74, 6) is 0.551. The highest BCUT2D eigenvalue weighted by Crippen LogP contribution is 2.40. The summed E-state index contributed by atoms with van der Waals surface area (Å²) in [7, 11) is 0. The van der Waals surface area contributed by atoms with Gasteiger partial charge in [-0.1, -0.05) is 84.4 Å². The van der Waals surface area contributed by atoms with Gasteiger partial charge in [-0.3, -0.25) is 4.79 Å². The number of carbonyl (C=O) groups excluding carboxylic acids is 1. The first kappa shape index (κ1) is 18.8. The number of carbonyl (C=O) groups is 1. The summed E-state index contributed by atoms with van der Waals surface area (Å²) in [6.45, 7) is 0. The predicted octanol–water partition coefficient (Wildman–Crippen LogP) is 7.93. The van der Waals surface area contributed by atoms with Crippen molar-refractivity contribution in [3.63, 3.8) is 0 Å². The van der Waals surface area contributed by atoms with Crippen LogP contribution in [0.4, 0.5) is 0 Å². The maximum atomic E-state index is 12.0. The topological polar surface area (TPSA) is 43.1 Å². The van der Waals surface area contributed by atoms with Gasteiger partial charge in [0, 0.05) is 32.7 Å². The summed E-state index contributed by atoms with van der Waals surface area (Å²) in [6.07, 6.45) is 0.872. The number of para-hydroxylation sites is 1. The molecule has 0 N–H and O–H groups in total. The van der Waals surface area contributed by atoms with E-state index in [1.165, 1.54) is 0 Å². The summed E-state index contributed by atoms with van der Waals surface area (Å²) < 4.78 is 6.37. The van der Waals surface area contributed by atoms with Gasteiger partial charge in [0.1, 0.15) is 5.52 Å². The fourth-order valence-electron chi connectivity index (χ4n) is 4.41. The molecule has 0 atom stereocenters. The molecule has 0 unspecified atom stereocenters. The first-order chi connectivity index (χ1) is 15.7. The Morgan fingerprint density at radius 2 is 1.47 bits per heavy atom. The second kappa shape index (κ2) is 7.33. The zero-order chi connectivity index (χ0) is 21.7. The standard InChI is InChI=1S/C28H16ClNO2/c29-24-12-4-9-21-20(24)15-14-18(16-31)26(21)23-11-5-13-25-27(23)32-28(30-25)22-10-3-7-17-6-1-2-8-19(17)22/h1-16H. The quantitative estimate of drug-likeness (QED) is 0.266. The molecule has 0 bridgehead atoms. The molecule has 5 aromatic carbocycles. The van der Waals surface area contributed by atoms with Crippen LogP contribution in [0, 0.1) is 0 Å². The van der Waals surface area contributed by atoms with Crippen LogP contribution in [0.2, 0.25) is 5.02 Å². The molecular formula is C28H16ClNO2. The second-order valence-electron chi connectivity index (χ2n) is 7.68. The van der Waals surface area contributed by atoms with Gasteiger partial charge >= 0.3 is 0 Å². The maximum Gasteiger partial charge on any atom is 0.227 e. The minimum absolute atomic E-state index is 0.551. The molecule has 0 radical (unpaired) electrons. The number of oxazole rings is 1. The molecular weight excluding hydrogens is 418 g/mol. The molecule has 0 saturated carbocycles. The first-order valence-corrected chi connectivity index (χ1v) is 10.7. The van der Waals surface area contributed by atoms with Gasteiger partial charge in [0.05, 0.1) is 0 Å². The Kier molecular flexibility index (Phi) is 4.30. The van der Waals surface area contributed by atoms with E-state index in [4.69, 9.17) is 21.0 Å². The van der Waals surface area contributed by atoms with Crippen LogP contribution in [0.15, 0.2) is 95.4 Å². The third-order valence-electron chi connectivity index (χ3n) is 5.87. The van der Waals surface area contributed by atoms with Gasteiger partial charge < -0.3 is 4.42 Å². The summed E-state index contributed by atoms with van der Waals surface area (Å²) in [5, 5.41) is 4.63. The van der Waals surface area contributed by atoms with Gasteiger partial charge in [0.2, 0.25) is 5.89 Å². The van der Waals surface area contributed by atoms with E-state index in [0.717, 1.165) is 50.0 Å². The van der Waals surface area contributed by atoms with Gasteiger partial charge in [0.15, 0.2) is 11.9 Å². The van der Waals surface area contributed by atoms with Crippen molar-refractivity contribution in [2.24, 2.45) is 0 Å². The Morgan fingerprint density at radius 1 is 0.719 bits per heavy atom. The van der Waals surface area contributed by atoms with Crippen molar-refractivity contribution < 1.29 is 9.21 Å². The average molecular weight is 434 g/mol. The fourth-order valence-corrected chi connectivity index (χ4v) is 4.65. The molecule has 1 aromatic heterocycles. The molecule has 4 heteroatoms. The van der Waals surface area contributed by atoms with E-state index in [9.17, 15) is 4.79 Å². The molecule has 32 heavy (non-hydrogen) atoms. The third kappa shape index (κ3) is 2.83. The summed E-state index contributed by atoms with van der Waals surface area (Å²) >= 11 is 6.45. The highest BCUT2D eigenvalue weighted by Gasteiger charge is 2.18. The number of benzene rings is 5. The Balaban J connectivity index is 1.66. The van der Waals surface area contributed by atoms with Crippen molar-refractivity contribution in [2.75, 3.05) is 0 Å². The normalized spacial score (nSPS) is 11.4. The van der Waals surface area contributed by atoms with E-state index in [1.807, 2.05) is 66.7 Å². The lowest BCUT2D eigenvalue weighted by Gasteiger charge is -2.11. The van der Waals surface area contributed by atoms with Crippen molar-refractivity contribution in [1.29, 1.82) is 0 Å². The number of rotatable bonds is 3. The Bertz CT molecular complexity index is 1660. The summed E-state index contributed by atoms with van der Waals surface area (Å²) in [4.78, 5) is 16.8. The lowest BCUT2D eigenvalue weighted by molar-refractivity contribution is 0.112. The summed E-state index contributed by atoms with van der Waals surface area (Å²) in [6, 6.07) is 29.5. The van der Waals surface area contributed by atoms with E-state index >= 15 is 0 Å². The van der Waals surface area contributed by atoms with Crippen LogP contribution >= 0.6 is 11.6 Å². The molecule has 0 aliphatic heterocycles. The SMILES string of the molecule is O=Cc1ccc2c(Cl)cccc2c1-c1cccc2nc(-c3cccc4ccccc34)oc12. The van der Waals surface area contributed by atoms with Gasteiger partial charge in [-0.05, 0) is 34.4 Å². The van der Waals surface area contributed by atoms with Crippen LogP contribution in [0.1, 0.15) is 10.4 Å². The maximum absolute atomic E-state index is 12.0. The van der Waals surface area contributed by atoms with Crippen LogP contribution in [0.25, 0.3) is 55.2 Å². The molecule has 0 amide bonds. The lowest BCUT2D eigenvalue weighted by Crippen LogP contribution is -1.91. The van der Waals surface area contributed by atoms with Crippen molar-refractivity contribution in [3.05, 3.63) is 102 Å². The minimum Gasteiger partial charge on any atom is -0.435 e. The monoisotopic (exact) mass is 433 g/mol. The molecule has 0 saturated heterocycles. The molecule has 0 aliphatic rings. The van der Waals surface area contributed by atoms with Crippen LogP contribution in [-0.4, -0.2) is 11.3 Å². The zero-order valence-electron chi connectivity index (χ0n) is 16.9. The molecule has 0 aliphatic carbocycles. The van der Waals surface area contributed by atoms with Crippen LogP contribution in [0.5, 0.6) is 0 Å². The Labute approximate surface area is 188 Å². The smallest absolute Gasteiger partial charge is 0.227 e.